The van der Waals surface area contributed by atoms with E-state index in [2.05, 4.69) is 25.4 Å². The van der Waals surface area contributed by atoms with Gasteiger partial charge in [0.15, 0.2) is 17.4 Å². The van der Waals surface area contributed by atoms with Crippen molar-refractivity contribution < 1.29 is 32.3 Å². The van der Waals surface area contributed by atoms with Crippen molar-refractivity contribution in [1.82, 2.24) is 24.7 Å². The number of anilines is 2. The van der Waals surface area contributed by atoms with E-state index in [9.17, 15) is 27.6 Å². The highest BCUT2D eigenvalue weighted by Crippen LogP contribution is 2.49. The summed E-state index contributed by atoms with van der Waals surface area (Å²) in [6, 6.07) is 3.14. The quantitative estimate of drug-likeness (QED) is 0.201. The number of nitrogens with one attached hydrogen (secondary N) is 1. The number of nitrogens with zero attached hydrogens (tertiary/aromatic N) is 6. The van der Waals surface area contributed by atoms with Crippen LogP contribution in [0.15, 0.2) is 43.0 Å². The maximum Gasteiger partial charge on any atom is 0.410 e. The zero-order valence-corrected chi connectivity index (χ0v) is 27.6. The molecule has 1 saturated carbocycles. The van der Waals surface area contributed by atoms with Crippen LogP contribution < -0.4 is 20.7 Å². The summed E-state index contributed by atoms with van der Waals surface area (Å²) in [5.74, 6) is -1.45. The summed E-state index contributed by atoms with van der Waals surface area (Å²) >= 11 is 5.87. The van der Waals surface area contributed by atoms with Gasteiger partial charge in [0.2, 0.25) is 5.91 Å². The van der Waals surface area contributed by atoms with Gasteiger partial charge in [-0.05, 0) is 48.8 Å². The molecule has 1 aliphatic carbocycles. The highest BCUT2D eigenvalue weighted by molar-refractivity contribution is 6.31. The van der Waals surface area contributed by atoms with Gasteiger partial charge in [-0.1, -0.05) is 38.4 Å². The Balaban J connectivity index is 1.30. The highest BCUT2D eigenvalue weighted by atomic mass is 35.5. The monoisotopic (exact) mass is 696 g/mol. The molecule has 16 heteroatoms. The van der Waals surface area contributed by atoms with E-state index in [1.165, 1.54) is 18.0 Å². The van der Waals surface area contributed by atoms with Crippen LogP contribution in [0.1, 0.15) is 73.4 Å². The first-order valence-corrected chi connectivity index (χ1v) is 15.7. The molecule has 2 aliphatic rings. The molecule has 4 heterocycles. The number of aryl methyl sites for hydroxylation is 1. The molecule has 49 heavy (non-hydrogen) atoms. The third-order valence-electron chi connectivity index (χ3n) is 8.40. The minimum absolute atomic E-state index is 0.0410. The Kier molecular flexibility index (Phi) is 8.81. The average molecular weight is 697 g/mol. The van der Waals surface area contributed by atoms with Crippen LogP contribution in [0.25, 0.3) is 11.3 Å². The predicted molar refractivity (Wildman–Crippen MR) is 173 cm³/mol. The highest BCUT2D eigenvalue weighted by Gasteiger charge is 2.53. The van der Waals surface area contributed by atoms with Crippen molar-refractivity contribution in [1.29, 1.82) is 0 Å². The molecule has 1 saturated heterocycles. The molecule has 2 fully saturated rings. The Labute approximate surface area is 283 Å². The fourth-order valence-electron chi connectivity index (χ4n) is 5.99. The van der Waals surface area contributed by atoms with Crippen molar-refractivity contribution in [2.75, 3.05) is 16.8 Å². The number of primary amides is 1. The zero-order chi connectivity index (χ0) is 35.4. The van der Waals surface area contributed by atoms with Crippen LogP contribution in [0.4, 0.5) is 29.5 Å². The molecule has 12 nitrogen and oxygen atoms in total. The van der Waals surface area contributed by atoms with E-state index in [4.69, 9.17) is 22.1 Å². The first-order chi connectivity index (χ1) is 23.1. The number of rotatable bonds is 9. The number of pyridine rings is 1. The van der Waals surface area contributed by atoms with Crippen molar-refractivity contribution in [2.45, 2.75) is 53.0 Å². The molecule has 0 radical (unpaired) electrons. The molecule has 3 aromatic heterocycles. The van der Waals surface area contributed by atoms with Crippen LogP contribution >= 0.6 is 11.6 Å². The van der Waals surface area contributed by atoms with E-state index in [0.29, 0.717) is 18.5 Å². The molecule has 0 spiro atoms. The van der Waals surface area contributed by atoms with Crippen molar-refractivity contribution in [3.63, 3.8) is 0 Å². The number of hydrogen-bond donors (Lipinski definition) is 2. The standard InChI is InChI=1S/C33H32ClF3N8O4/c1-15-27(43-22(12-39-15)25-19(28(36)37)5-6-21(34)26(25)35)30(46)42-18-11-41-45(14-18)23(9-33(2,3)4)16-8-24(49-32(38)48)29(40-10-16)44-13-17-7-20(17)31(44)47/h5-6,8,10-12,14,17,20,23,28H,7,9,13H2,1-4H3,(H2,38,48)(H,42,46)/t17-,20-,23+/m1/s1. The second-order valence-electron chi connectivity index (χ2n) is 13.3. The summed E-state index contributed by atoms with van der Waals surface area (Å²) in [5, 5.41) is 6.78. The fourth-order valence-corrected chi connectivity index (χ4v) is 6.15. The Morgan fingerprint density at radius 1 is 1.18 bits per heavy atom. The number of amides is 3. The van der Waals surface area contributed by atoms with E-state index in [0.717, 1.165) is 24.8 Å². The van der Waals surface area contributed by atoms with Gasteiger partial charge < -0.3 is 15.8 Å². The summed E-state index contributed by atoms with van der Waals surface area (Å²) in [5.41, 5.74) is 4.45. The van der Waals surface area contributed by atoms with Crippen molar-refractivity contribution in [3.05, 3.63) is 76.3 Å². The van der Waals surface area contributed by atoms with Gasteiger partial charge in [0.05, 0.1) is 40.5 Å². The van der Waals surface area contributed by atoms with Crippen molar-refractivity contribution in [3.8, 4) is 17.0 Å². The molecule has 3 N–H and O–H groups in total. The van der Waals surface area contributed by atoms with E-state index < -0.39 is 41.4 Å². The Bertz CT molecular complexity index is 1980. The van der Waals surface area contributed by atoms with Crippen LogP contribution in [-0.4, -0.2) is 49.2 Å². The third kappa shape index (κ3) is 6.93. The van der Waals surface area contributed by atoms with Crippen molar-refractivity contribution in [2.24, 2.45) is 23.0 Å². The normalized spacial score (nSPS) is 17.7. The Hall–Kier alpha value is -5.05. The number of hydrogen-bond acceptors (Lipinski definition) is 8. The number of nitrogens with two attached hydrogens (primary N) is 1. The van der Waals surface area contributed by atoms with Gasteiger partial charge in [-0.25, -0.2) is 27.9 Å². The lowest BCUT2D eigenvalue weighted by atomic mass is 9.86. The second kappa shape index (κ2) is 12.8. The van der Waals surface area contributed by atoms with E-state index in [1.807, 2.05) is 20.8 Å². The molecule has 0 bridgehead atoms. The average Bonchev–Trinajstić information content (AvgIpc) is 3.53. The zero-order valence-electron chi connectivity index (χ0n) is 26.9. The van der Waals surface area contributed by atoms with Crippen LogP contribution in [0.5, 0.6) is 5.75 Å². The first-order valence-electron chi connectivity index (χ1n) is 15.4. The number of aromatic nitrogens is 5. The van der Waals surface area contributed by atoms with E-state index >= 15 is 0 Å². The molecular weight excluding hydrogens is 665 g/mol. The van der Waals surface area contributed by atoms with Gasteiger partial charge in [-0.2, -0.15) is 5.10 Å². The number of halogens is 4. The van der Waals surface area contributed by atoms with Crippen LogP contribution in [0.2, 0.25) is 5.02 Å². The lowest BCUT2D eigenvalue weighted by molar-refractivity contribution is -0.118. The lowest BCUT2D eigenvalue weighted by Crippen LogP contribution is -2.30. The van der Waals surface area contributed by atoms with Crippen LogP contribution in [-0.2, 0) is 4.79 Å². The first kappa shape index (κ1) is 33.8. The minimum Gasteiger partial charge on any atom is -0.406 e. The molecule has 1 aliphatic heterocycles. The molecule has 1 aromatic carbocycles. The van der Waals surface area contributed by atoms with Gasteiger partial charge in [-0.15, -0.1) is 0 Å². The summed E-state index contributed by atoms with van der Waals surface area (Å²) in [6.45, 7) is 8.06. The van der Waals surface area contributed by atoms with Gasteiger partial charge in [0.1, 0.15) is 5.69 Å². The Morgan fingerprint density at radius 2 is 1.94 bits per heavy atom. The summed E-state index contributed by atoms with van der Waals surface area (Å²) in [6.07, 6.45) is 2.94. The van der Waals surface area contributed by atoms with Gasteiger partial charge in [0.25, 0.3) is 12.3 Å². The maximum atomic E-state index is 14.9. The topological polar surface area (TPSA) is 158 Å². The largest absolute Gasteiger partial charge is 0.410 e. The SMILES string of the molecule is Cc1ncc(-c2c(C(F)F)ccc(Cl)c2F)nc1C(=O)Nc1cnn([C@@H](CC(C)(C)C)c2cnc(N3C[C@H]4C[C@H]4C3=O)c(OC(N)=O)c2)c1. The van der Waals surface area contributed by atoms with Crippen LogP contribution in [0.3, 0.4) is 0 Å². The van der Waals surface area contributed by atoms with E-state index in [1.54, 1.807) is 23.1 Å². The number of benzene rings is 1. The number of alkyl halides is 2. The molecule has 3 amide bonds. The molecule has 6 rings (SSSR count). The summed E-state index contributed by atoms with van der Waals surface area (Å²) in [7, 11) is 0. The Morgan fingerprint density at radius 3 is 2.59 bits per heavy atom. The number of ether oxygens (including phenoxy) is 1. The van der Waals surface area contributed by atoms with Crippen molar-refractivity contribution >= 4 is 41.0 Å². The molecule has 0 unspecified atom stereocenters. The lowest BCUT2D eigenvalue weighted by Gasteiger charge is -2.27. The van der Waals surface area contributed by atoms with Crippen LogP contribution in [0, 0.1) is 30.0 Å². The second-order valence-corrected chi connectivity index (χ2v) is 13.7. The molecule has 4 aromatic rings. The number of fused-ring (bicyclic) bond motifs is 1. The number of carbonyl (C=O) groups is 3. The molecule has 256 valence electrons. The van der Waals surface area contributed by atoms with Gasteiger partial charge >= 0.3 is 6.09 Å². The van der Waals surface area contributed by atoms with Gasteiger partial charge in [-0.3, -0.25) is 24.2 Å². The smallest absolute Gasteiger partial charge is 0.406 e. The van der Waals surface area contributed by atoms with E-state index in [-0.39, 0.29) is 62.5 Å². The maximum absolute atomic E-state index is 14.9. The fraction of sp³-hybridized carbons (Fsp3) is 0.364. The molecule has 3 atom stereocenters. The number of carbonyl (C=O) groups excluding carboxylic acids is 3. The third-order valence-corrected chi connectivity index (χ3v) is 8.69. The van der Waals surface area contributed by atoms with Gasteiger partial charge in [0, 0.05) is 36.0 Å². The predicted octanol–water partition coefficient (Wildman–Crippen LogP) is 6.49. The summed E-state index contributed by atoms with van der Waals surface area (Å²) in [4.78, 5) is 52.4. The summed E-state index contributed by atoms with van der Waals surface area (Å²) < 4.78 is 49.4. The minimum atomic E-state index is -3.04. The number of piperidine rings is 1. The molecular formula is C33H32ClF3N8O4.